The number of carbonyl (C=O) groups excluding carboxylic acids is 1. The van der Waals surface area contributed by atoms with Crippen LogP contribution in [0.15, 0.2) is 30.5 Å². The maximum atomic E-state index is 12.8. The fourth-order valence-corrected chi connectivity index (χ4v) is 3.60. The van der Waals surface area contributed by atoms with Crippen LogP contribution in [-0.4, -0.2) is 55.6 Å². The van der Waals surface area contributed by atoms with E-state index in [-0.39, 0.29) is 11.8 Å². The lowest BCUT2D eigenvalue weighted by Crippen LogP contribution is -2.44. The van der Waals surface area contributed by atoms with Crippen molar-refractivity contribution < 1.29 is 9.53 Å². The third-order valence-electron chi connectivity index (χ3n) is 5.57. The van der Waals surface area contributed by atoms with Gasteiger partial charge in [0.05, 0.1) is 11.9 Å². The standard InChI is InChI=1S/C21H26N4O2/c1-14-10-17-18(13-27-19(17)11-15(14)2)21(26)23-16-4-5-20(22-12-16)25-8-6-24(3)7-9-25/h4-5,10-12,18H,6-9,13H2,1-3H3,(H,23,26). The first kappa shape index (κ1) is 17.8. The molecule has 1 fully saturated rings. The number of aromatic nitrogens is 1. The number of hydrogen-bond donors (Lipinski definition) is 1. The summed E-state index contributed by atoms with van der Waals surface area (Å²) in [6, 6.07) is 7.99. The number of nitrogens with zero attached hydrogens (tertiary/aromatic N) is 3. The third-order valence-corrected chi connectivity index (χ3v) is 5.57. The average Bonchev–Trinajstić information content (AvgIpc) is 3.06. The van der Waals surface area contributed by atoms with E-state index in [1.807, 2.05) is 18.2 Å². The molecule has 2 aliphatic heterocycles. The first-order valence-corrected chi connectivity index (χ1v) is 9.45. The zero-order valence-corrected chi connectivity index (χ0v) is 16.2. The van der Waals surface area contributed by atoms with Crippen molar-refractivity contribution in [1.29, 1.82) is 0 Å². The van der Waals surface area contributed by atoms with Crippen LogP contribution in [0.25, 0.3) is 0 Å². The fraction of sp³-hybridized carbons (Fsp3) is 0.429. The van der Waals surface area contributed by atoms with Crippen LogP contribution in [0.1, 0.15) is 22.6 Å². The number of ether oxygens (including phenoxy) is 1. The predicted molar refractivity (Wildman–Crippen MR) is 107 cm³/mol. The normalized spacial score (nSPS) is 19.5. The largest absolute Gasteiger partial charge is 0.492 e. The second kappa shape index (κ2) is 7.19. The first-order chi connectivity index (χ1) is 13.0. The molecule has 0 radical (unpaired) electrons. The highest BCUT2D eigenvalue weighted by atomic mass is 16.5. The van der Waals surface area contributed by atoms with Gasteiger partial charge in [0, 0.05) is 31.7 Å². The summed E-state index contributed by atoms with van der Waals surface area (Å²) in [5, 5.41) is 2.99. The molecule has 1 aromatic heterocycles. The van der Waals surface area contributed by atoms with Crippen molar-refractivity contribution in [3.63, 3.8) is 0 Å². The zero-order valence-electron chi connectivity index (χ0n) is 16.2. The van der Waals surface area contributed by atoms with Crippen LogP contribution in [0.2, 0.25) is 0 Å². The van der Waals surface area contributed by atoms with Gasteiger partial charge >= 0.3 is 0 Å². The number of amides is 1. The number of benzene rings is 1. The summed E-state index contributed by atoms with van der Waals surface area (Å²) >= 11 is 0. The number of rotatable bonds is 3. The molecule has 6 heteroatoms. The Morgan fingerprint density at radius 1 is 1.15 bits per heavy atom. The molecule has 2 aliphatic rings. The molecule has 27 heavy (non-hydrogen) atoms. The van der Waals surface area contributed by atoms with Crippen LogP contribution in [0, 0.1) is 13.8 Å². The second-order valence-electron chi connectivity index (χ2n) is 7.52. The Hall–Kier alpha value is -2.60. The van der Waals surface area contributed by atoms with Gasteiger partial charge in [-0.05, 0) is 50.2 Å². The number of piperazine rings is 1. The Morgan fingerprint density at radius 2 is 1.89 bits per heavy atom. The van der Waals surface area contributed by atoms with E-state index < -0.39 is 0 Å². The molecule has 4 rings (SSSR count). The van der Waals surface area contributed by atoms with Crippen LogP contribution in [0.4, 0.5) is 11.5 Å². The lowest BCUT2D eigenvalue weighted by atomic mass is 9.96. The lowest BCUT2D eigenvalue weighted by molar-refractivity contribution is -0.117. The number of aryl methyl sites for hydroxylation is 2. The number of anilines is 2. The van der Waals surface area contributed by atoms with E-state index in [1.165, 1.54) is 11.1 Å². The van der Waals surface area contributed by atoms with Gasteiger partial charge in [-0.1, -0.05) is 6.07 Å². The monoisotopic (exact) mass is 366 g/mol. The van der Waals surface area contributed by atoms with Crippen LogP contribution in [0.5, 0.6) is 5.75 Å². The molecule has 1 aromatic carbocycles. The summed E-state index contributed by atoms with van der Waals surface area (Å²) < 4.78 is 5.73. The van der Waals surface area contributed by atoms with Crippen molar-refractivity contribution in [2.75, 3.05) is 50.1 Å². The highest BCUT2D eigenvalue weighted by Gasteiger charge is 2.31. The summed E-state index contributed by atoms with van der Waals surface area (Å²) in [6.45, 7) is 8.54. The van der Waals surface area contributed by atoms with E-state index in [1.54, 1.807) is 6.20 Å². The fourth-order valence-electron chi connectivity index (χ4n) is 3.60. The summed E-state index contributed by atoms with van der Waals surface area (Å²) in [6.07, 6.45) is 1.74. The Balaban J connectivity index is 1.43. The van der Waals surface area contributed by atoms with E-state index in [4.69, 9.17) is 4.74 Å². The van der Waals surface area contributed by atoms with Gasteiger partial charge in [-0.15, -0.1) is 0 Å². The Morgan fingerprint density at radius 3 is 2.59 bits per heavy atom. The van der Waals surface area contributed by atoms with Crippen molar-refractivity contribution in [1.82, 2.24) is 9.88 Å². The molecule has 0 spiro atoms. The van der Waals surface area contributed by atoms with Gasteiger partial charge in [0.2, 0.25) is 5.91 Å². The highest BCUT2D eigenvalue weighted by molar-refractivity contribution is 5.97. The van der Waals surface area contributed by atoms with Crippen molar-refractivity contribution in [2.24, 2.45) is 0 Å². The molecule has 142 valence electrons. The minimum Gasteiger partial charge on any atom is -0.492 e. The molecular weight excluding hydrogens is 340 g/mol. The van der Waals surface area contributed by atoms with Crippen molar-refractivity contribution in [3.8, 4) is 5.75 Å². The second-order valence-corrected chi connectivity index (χ2v) is 7.52. The number of nitrogens with one attached hydrogen (secondary N) is 1. The quantitative estimate of drug-likeness (QED) is 0.905. The summed E-state index contributed by atoms with van der Waals surface area (Å²) in [5.41, 5.74) is 4.04. The maximum absolute atomic E-state index is 12.8. The number of fused-ring (bicyclic) bond motifs is 1. The van der Waals surface area contributed by atoms with E-state index >= 15 is 0 Å². The number of pyridine rings is 1. The van der Waals surface area contributed by atoms with Gasteiger partial charge in [0.25, 0.3) is 0 Å². The molecular formula is C21H26N4O2. The Labute approximate surface area is 160 Å². The minimum absolute atomic E-state index is 0.0499. The van der Waals surface area contributed by atoms with Gasteiger partial charge in [0.1, 0.15) is 24.1 Å². The molecule has 1 unspecified atom stereocenters. The zero-order chi connectivity index (χ0) is 19.0. The maximum Gasteiger partial charge on any atom is 0.235 e. The number of likely N-dealkylation sites (N-methyl/N-ethyl adjacent to an activating group) is 1. The number of carbonyl (C=O) groups is 1. The van der Waals surface area contributed by atoms with Crippen molar-refractivity contribution in [2.45, 2.75) is 19.8 Å². The van der Waals surface area contributed by atoms with Gasteiger partial charge < -0.3 is 19.9 Å². The molecule has 0 aliphatic carbocycles. The molecule has 1 saturated heterocycles. The molecule has 6 nitrogen and oxygen atoms in total. The topological polar surface area (TPSA) is 57.7 Å². The Kier molecular flexibility index (Phi) is 4.74. The third kappa shape index (κ3) is 3.62. The molecule has 0 saturated carbocycles. The van der Waals surface area contributed by atoms with Crippen LogP contribution < -0.4 is 15.0 Å². The van der Waals surface area contributed by atoms with E-state index in [0.29, 0.717) is 6.61 Å². The van der Waals surface area contributed by atoms with Crippen LogP contribution in [-0.2, 0) is 4.79 Å². The average molecular weight is 366 g/mol. The summed E-state index contributed by atoms with van der Waals surface area (Å²) in [7, 11) is 2.14. The molecule has 1 N–H and O–H groups in total. The molecule has 3 heterocycles. The van der Waals surface area contributed by atoms with Gasteiger partial charge in [-0.2, -0.15) is 0 Å². The van der Waals surface area contributed by atoms with Crippen molar-refractivity contribution in [3.05, 3.63) is 47.2 Å². The van der Waals surface area contributed by atoms with E-state index in [0.717, 1.165) is 49.0 Å². The smallest absolute Gasteiger partial charge is 0.235 e. The summed E-state index contributed by atoms with van der Waals surface area (Å²) in [5.74, 6) is 1.45. The van der Waals surface area contributed by atoms with Crippen molar-refractivity contribution >= 4 is 17.4 Å². The molecule has 1 amide bonds. The minimum atomic E-state index is -0.281. The molecule has 2 aromatic rings. The number of hydrogen-bond acceptors (Lipinski definition) is 5. The van der Waals surface area contributed by atoms with Gasteiger partial charge in [-0.3, -0.25) is 4.79 Å². The molecule has 1 atom stereocenters. The Bertz CT molecular complexity index is 842. The van der Waals surface area contributed by atoms with Gasteiger partial charge in [-0.25, -0.2) is 4.98 Å². The van der Waals surface area contributed by atoms with E-state index in [9.17, 15) is 4.79 Å². The highest BCUT2D eigenvalue weighted by Crippen LogP contribution is 2.36. The van der Waals surface area contributed by atoms with Gasteiger partial charge in [0.15, 0.2) is 0 Å². The predicted octanol–water partition coefficient (Wildman–Crippen LogP) is 2.56. The van der Waals surface area contributed by atoms with E-state index in [2.05, 4.69) is 47.1 Å². The SMILES string of the molecule is Cc1cc2c(cc1C)C(C(=O)Nc1ccc(N3CCN(C)CC3)nc1)CO2. The summed E-state index contributed by atoms with van der Waals surface area (Å²) in [4.78, 5) is 21.9. The van der Waals surface area contributed by atoms with Crippen LogP contribution in [0.3, 0.4) is 0 Å². The van der Waals surface area contributed by atoms with Crippen LogP contribution >= 0.6 is 0 Å². The lowest BCUT2D eigenvalue weighted by Gasteiger charge is -2.33. The molecule has 0 bridgehead atoms. The first-order valence-electron chi connectivity index (χ1n) is 9.45.